The van der Waals surface area contributed by atoms with Gasteiger partial charge < -0.3 is 10.2 Å². The third-order valence-electron chi connectivity index (χ3n) is 5.24. The average Bonchev–Trinajstić information content (AvgIpc) is 3.24. The third-order valence-corrected chi connectivity index (χ3v) is 5.24. The largest absolute Gasteiger partial charge is 0.352 e. The standard InChI is InChI=1S/C19H27N3O2/c1-14(23)20-12-16-8-9-17(21-13-16)18-7-4-10-22(18)19(24)11-15-5-2-3-6-15/h8-9,13,15,18H,2-7,10-12H2,1H3,(H,20,23). The van der Waals surface area contributed by atoms with Crippen molar-refractivity contribution in [3.8, 4) is 0 Å². The zero-order valence-corrected chi connectivity index (χ0v) is 14.5. The Morgan fingerprint density at radius 3 is 2.67 bits per heavy atom. The number of nitrogens with zero attached hydrogens (tertiary/aromatic N) is 2. The number of pyridine rings is 1. The van der Waals surface area contributed by atoms with Crippen LogP contribution in [0.1, 0.15) is 69.2 Å². The van der Waals surface area contributed by atoms with Crippen LogP contribution in [0.15, 0.2) is 18.3 Å². The normalized spacial score (nSPS) is 21.2. The Labute approximate surface area is 143 Å². The molecule has 2 fully saturated rings. The SMILES string of the molecule is CC(=O)NCc1ccc(C2CCCN2C(=O)CC2CCCC2)nc1. The Morgan fingerprint density at radius 1 is 1.21 bits per heavy atom. The van der Waals surface area contributed by atoms with E-state index >= 15 is 0 Å². The highest BCUT2D eigenvalue weighted by Crippen LogP contribution is 2.34. The van der Waals surface area contributed by atoms with Crippen molar-refractivity contribution in [1.82, 2.24) is 15.2 Å². The van der Waals surface area contributed by atoms with Gasteiger partial charge in [0.25, 0.3) is 0 Å². The van der Waals surface area contributed by atoms with E-state index in [1.807, 2.05) is 23.2 Å². The molecule has 1 aliphatic carbocycles. The number of carbonyl (C=O) groups excluding carboxylic acids is 2. The fraction of sp³-hybridized carbons (Fsp3) is 0.632. The van der Waals surface area contributed by atoms with E-state index in [1.54, 1.807) is 0 Å². The Kier molecular flexibility index (Phi) is 5.48. The molecular formula is C19H27N3O2. The molecule has 1 N–H and O–H groups in total. The zero-order chi connectivity index (χ0) is 16.9. The van der Waals surface area contributed by atoms with Gasteiger partial charge in [-0.2, -0.15) is 0 Å². The second-order valence-corrected chi connectivity index (χ2v) is 7.10. The molecular weight excluding hydrogens is 302 g/mol. The van der Waals surface area contributed by atoms with Gasteiger partial charge in [-0.25, -0.2) is 0 Å². The lowest BCUT2D eigenvalue weighted by molar-refractivity contribution is -0.133. The van der Waals surface area contributed by atoms with Gasteiger partial charge in [-0.3, -0.25) is 14.6 Å². The van der Waals surface area contributed by atoms with Crippen molar-refractivity contribution in [2.24, 2.45) is 5.92 Å². The maximum Gasteiger partial charge on any atom is 0.223 e. The van der Waals surface area contributed by atoms with Crippen molar-refractivity contribution in [2.75, 3.05) is 6.54 Å². The minimum absolute atomic E-state index is 0.0430. The van der Waals surface area contributed by atoms with Gasteiger partial charge in [0, 0.05) is 32.6 Å². The van der Waals surface area contributed by atoms with Crippen molar-refractivity contribution < 1.29 is 9.59 Å². The number of likely N-dealkylation sites (tertiary alicyclic amines) is 1. The molecule has 0 bridgehead atoms. The van der Waals surface area contributed by atoms with Crippen molar-refractivity contribution in [1.29, 1.82) is 0 Å². The predicted octanol–water partition coefficient (Wildman–Crippen LogP) is 2.96. The fourth-order valence-electron chi connectivity index (χ4n) is 3.92. The summed E-state index contributed by atoms with van der Waals surface area (Å²) in [7, 11) is 0. The highest BCUT2D eigenvalue weighted by Gasteiger charge is 2.32. The quantitative estimate of drug-likeness (QED) is 0.903. The summed E-state index contributed by atoms with van der Waals surface area (Å²) in [4.78, 5) is 30.3. The first-order valence-electron chi connectivity index (χ1n) is 9.12. The van der Waals surface area contributed by atoms with Crippen LogP contribution in [0.3, 0.4) is 0 Å². The van der Waals surface area contributed by atoms with Gasteiger partial charge in [-0.05, 0) is 43.2 Å². The van der Waals surface area contributed by atoms with E-state index in [0.29, 0.717) is 24.8 Å². The van der Waals surface area contributed by atoms with E-state index in [0.717, 1.165) is 30.6 Å². The van der Waals surface area contributed by atoms with Crippen LogP contribution in [0, 0.1) is 5.92 Å². The second kappa shape index (κ2) is 7.77. The van der Waals surface area contributed by atoms with Gasteiger partial charge in [0.1, 0.15) is 0 Å². The number of nitrogens with one attached hydrogen (secondary N) is 1. The Hall–Kier alpha value is -1.91. The lowest BCUT2D eigenvalue weighted by atomic mass is 10.0. The molecule has 2 heterocycles. The van der Waals surface area contributed by atoms with E-state index < -0.39 is 0 Å². The molecule has 1 unspecified atom stereocenters. The summed E-state index contributed by atoms with van der Waals surface area (Å²) < 4.78 is 0. The molecule has 2 aliphatic rings. The van der Waals surface area contributed by atoms with E-state index in [9.17, 15) is 9.59 Å². The molecule has 1 aliphatic heterocycles. The molecule has 130 valence electrons. The van der Waals surface area contributed by atoms with Crippen LogP contribution in [-0.2, 0) is 16.1 Å². The molecule has 3 rings (SSSR count). The molecule has 1 aromatic rings. The van der Waals surface area contributed by atoms with Gasteiger partial charge in [-0.15, -0.1) is 0 Å². The van der Waals surface area contributed by atoms with Crippen LogP contribution in [0.4, 0.5) is 0 Å². The second-order valence-electron chi connectivity index (χ2n) is 7.10. The van der Waals surface area contributed by atoms with E-state index in [1.165, 1.54) is 32.6 Å². The highest BCUT2D eigenvalue weighted by atomic mass is 16.2. The van der Waals surface area contributed by atoms with Crippen molar-refractivity contribution in [3.63, 3.8) is 0 Å². The Balaban J connectivity index is 1.61. The first-order chi connectivity index (χ1) is 11.6. The zero-order valence-electron chi connectivity index (χ0n) is 14.5. The van der Waals surface area contributed by atoms with E-state index in [4.69, 9.17) is 0 Å². The third kappa shape index (κ3) is 4.13. The first-order valence-corrected chi connectivity index (χ1v) is 9.12. The summed E-state index contributed by atoms with van der Waals surface area (Å²) in [6.07, 6.45) is 9.53. The lowest BCUT2D eigenvalue weighted by Crippen LogP contribution is -2.32. The predicted molar refractivity (Wildman–Crippen MR) is 92.0 cm³/mol. The van der Waals surface area contributed by atoms with Gasteiger partial charge in [-0.1, -0.05) is 18.9 Å². The van der Waals surface area contributed by atoms with E-state index in [2.05, 4.69) is 10.3 Å². The van der Waals surface area contributed by atoms with Crippen molar-refractivity contribution in [3.05, 3.63) is 29.6 Å². The summed E-state index contributed by atoms with van der Waals surface area (Å²) in [6, 6.07) is 4.12. The Bertz CT molecular complexity index is 579. The monoisotopic (exact) mass is 329 g/mol. The van der Waals surface area contributed by atoms with Crippen LogP contribution in [0.5, 0.6) is 0 Å². The molecule has 0 radical (unpaired) electrons. The number of rotatable bonds is 5. The summed E-state index contributed by atoms with van der Waals surface area (Å²) >= 11 is 0. The molecule has 0 aromatic carbocycles. The number of aromatic nitrogens is 1. The Morgan fingerprint density at radius 2 is 2.00 bits per heavy atom. The van der Waals surface area contributed by atoms with E-state index in [-0.39, 0.29) is 11.9 Å². The maximum absolute atomic E-state index is 12.7. The molecule has 0 spiro atoms. The van der Waals surface area contributed by atoms with Gasteiger partial charge in [0.2, 0.25) is 11.8 Å². The van der Waals surface area contributed by atoms with Crippen LogP contribution in [0.25, 0.3) is 0 Å². The topological polar surface area (TPSA) is 62.3 Å². The van der Waals surface area contributed by atoms with Crippen LogP contribution < -0.4 is 5.32 Å². The average molecular weight is 329 g/mol. The van der Waals surface area contributed by atoms with Crippen molar-refractivity contribution in [2.45, 2.75) is 64.5 Å². The number of amides is 2. The minimum Gasteiger partial charge on any atom is -0.352 e. The molecule has 5 nitrogen and oxygen atoms in total. The number of hydrogen-bond donors (Lipinski definition) is 1. The summed E-state index contributed by atoms with van der Waals surface area (Å²) in [5.74, 6) is 0.846. The molecule has 1 saturated carbocycles. The van der Waals surface area contributed by atoms with Crippen LogP contribution in [-0.4, -0.2) is 28.2 Å². The molecule has 5 heteroatoms. The van der Waals surface area contributed by atoms with Gasteiger partial charge in [0.05, 0.1) is 11.7 Å². The number of carbonyl (C=O) groups is 2. The first kappa shape index (κ1) is 16.9. The molecule has 2 amide bonds. The van der Waals surface area contributed by atoms with Crippen molar-refractivity contribution >= 4 is 11.8 Å². The lowest BCUT2D eigenvalue weighted by Gasteiger charge is -2.25. The molecule has 24 heavy (non-hydrogen) atoms. The molecule has 1 atom stereocenters. The minimum atomic E-state index is -0.0430. The molecule has 1 saturated heterocycles. The summed E-state index contributed by atoms with van der Waals surface area (Å²) in [6.45, 7) is 2.86. The van der Waals surface area contributed by atoms with Crippen LogP contribution in [0.2, 0.25) is 0 Å². The summed E-state index contributed by atoms with van der Waals surface area (Å²) in [5, 5.41) is 2.77. The smallest absolute Gasteiger partial charge is 0.223 e. The highest BCUT2D eigenvalue weighted by molar-refractivity contribution is 5.77. The van der Waals surface area contributed by atoms with Gasteiger partial charge in [0.15, 0.2) is 0 Å². The van der Waals surface area contributed by atoms with Gasteiger partial charge >= 0.3 is 0 Å². The van der Waals surface area contributed by atoms with Crippen LogP contribution >= 0.6 is 0 Å². The fourth-order valence-corrected chi connectivity index (χ4v) is 3.92. The molecule has 1 aromatic heterocycles. The number of hydrogen-bond acceptors (Lipinski definition) is 3. The summed E-state index contributed by atoms with van der Waals surface area (Å²) in [5.41, 5.74) is 1.95. The maximum atomic E-state index is 12.7.